The molecule has 2 aromatic rings. The van der Waals surface area contributed by atoms with Crippen LogP contribution in [0.1, 0.15) is 25.2 Å². The van der Waals surface area contributed by atoms with Gasteiger partial charge in [0.1, 0.15) is 4.90 Å². The Balaban J connectivity index is 2.23. The van der Waals surface area contributed by atoms with Crippen LogP contribution in [0.3, 0.4) is 0 Å². The number of aryl methyl sites for hydroxylation is 2. The third-order valence-corrected chi connectivity index (χ3v) is 5.36. The average Bonchev–Trinajstić information content (AvgIpc) is 3.05. The molecule has 0 spiro atoms. The van der Waals surface area contributed by atoms with Gasteiger partial charge in [0.15, 0.2) is 0 Å². The highest BCUT2D eigenvalue weighted by Crippen LogP contribution is 2.19. The number of sulfonamides is 1. The van der Waals surface area contributed by atoms with E-state index in [-0.39, 0.29) is 11.4 Å². The van der Waals surface area contributed by atoms with Crippen LogP contribution in [0.15, 0.2) is 23.4 Å². The Morgan fingerprint density at radius 2 is 2.00 bits per heavy atom. The van der Waals surface area contributed by atoms with E-state index in [4.69, 9.17) is 0 Å². The van der Waals surface area contributed by atoms with Gasteiger partial charge in [-0.3, -0.25) is 9.36 Å². The van der Waals surface area contributed by atoms with E-state index < -0.39 is 10.0 Å². The molecule has 116 valence electrons. The molecule has 2 rings (SSSR count). The molecule has 8 heteroatoms. The highest BCUT2D eigenvalue weighted by atomic mass is 32.2. The predicted molar refractivity (Wildman–Crippen MR) is 79.2 cm³/mol. The molecule has 0 N–H and O–H groups in total. The van der Waals surface area contributed by atoms with Gasteiger partial charge in [0.25, 0.3) is 0 Å². The van der Waals surface area contributed by atoms with Crippen molar-refractivity contribution in [1.82, 2.24) is 23.9 Å². The summed E-state index contributed by atoms with van der Waals surface area (Å²) in [6.45, 7) is 7.33. The summed E-state index contributed by atoms with van der Waals surface area (Å²) in [7, 11) is -2.00. The highest BCUT2D eigenvalue weighted by Gasteiger charge is 2.26. The molecule has 0 fully saturated rings. The lowest BCUT2D eigenvalue weighted by atomic mass is 10.4. The molecule has 0 amide bonds. The monoisotopic (exact) mass is 311 g/mol. The second-order valence-corrected chi connectivity index (χ2v) is 6.85. The maximum atomic E-state index is 12.6. The first-order valence-electron chi connectivity index (χ1n) is 6.91. The molecule has 0 aliphatic heterocycles. The zero-order valence-corrected chi connectivity index (χ0v) is 13.6. The normalized spacial score (nSPS) is 12.2. The predicted octanol–water partition coefficient (Wildman–Crippen LogP) is 1.25. The van der Waals surface area contributed by atoms with Crippen molar-refractivity contribution >= 4 is 10.0 Å². The molecule has 0 unspecified atom stereocenters. The summed E-state index contributed by atoms with van der Waals surface area (Å²) in [4.78, 5) is 0.252. The molecule has 0 aromatic carbocycles. The lowest BCUT2D eigenvalue weighted by Gasteiger charge is -2.15. The van der Waals surface area contributed by atoms with Crippen LogP contribution in [0.5, 0.6) is 0 Å². The third kappa shape index (κ3) is 3.01. The van der Waals surface area contributed by atoms with Crippen LogP contribution < -0.4 is 0 Å². The molecule has 0 atom stereocenters. The van der Waals surface area contributed by atoms with E-state index in [0.717, 1.165) is 12.2 Å². The van der Waals surface area contributed by atoms with E-state index in [1.165, 1.54) is 10.5 Å². The molecule has 7 nitrogen and oxygen atoms in total. The van der Waals surface area contributed by atoms with Gasteiger partial charge in [-0.05, 0) is 26.8 Å². The Kier molecular flexibility index (Phi) is 4.48. The Labute approximate surface area is 125 Å². The van der Waals surface area contributed by atoms with E-state index in [1.807, 2.05) is 26.1 Å². The van der Waals surface area contributed by atoms with Crippen molar-refractivity contribution in [1.29, 1.82) is 0 Å². The van der Waals surface area contributed by atoms with Crippen LogP contribution >= 0.6 is 0 Å². The second-order valence-electron chi connectivity index (χ2n) is 4.83. The van der Waals surface area contributed by atoms with E-state index in [2.05, 4.69) is 10.2 Å². The Bertz CT molecular complexity index is 717. The maximum absolute atomic E-state index is 12.6. The van der Waals surface area contributed by atoms with Crippen molar-refractivity contribution < 1.29 is 8.42 Å². The van der Waals surface area contributed by atoms with Crippen molar-refractivity contribution in [3.8, 4) is 0 Å². The van der Waals surface area contributed by atoms with E-state index in [9.17, 15) is 8.42 Å². The number of nitrogens with zero attached hydrogens (tertiary/aromatic N) is 5. The van der Waals surface area contributed by atoms with Gasteiger partial charge in [0, 0.05) is 26.3 Å². The molecule has 0 aliphatic rings. The zero-order valence-electron chi connectivity index (χ0n) is 12.8. The van der Waals surface area contributed by atoms with E-state index in [0.29, 0.717) is 12.2 Å². The minimum absolute atomic E-state index is 0.242. The summed E-state index contributed by atoms with van der Waals surface area (Å²) < 4.78 is 30.0. The molecule has 0 radical (unpaired) electrons. The van der Waals surface area contributed by atoms with Gasteiger partial charge >= 0.3 is 0 Å². The summed E-state index contributed by atoms with van der Waals surface area (Å²) in [6, 6.07) is 1.83. The first-order valence-corrected chi connectivity index (χ1v) is 8.35. The molecule has 0 bridgehead atoms. The molecule has 0 aliphatic carbocycles. The lowest BCUT2D eigenvalue weighted by molar-refractivity contribution is 0.458. The lowest BCUT2D eigenvalue weighted by Crippen LogP contribution is -2.27. The second kappa shape index (κ2) is 5.98. The summed E-state index contributed by atoms with van der Waals surface area (Å²) in [6.07, 6.45) is 3.26. The van der Waals surface area contributed by atoms with Gasteiger partial charge in [0.2, 0.25) is 10.0 Å². The van der Waals surface area contributed by atoms with Gasteiger partial charge < -0.3 is 0 Å². The average molecular weight is 311 g/mol. The molecule has 0 saturated carbocycles. The molecule has 2 heterocycles. The minimum Gasteiger partial charge on any atom is -0.273 e. The van der Waals surface area contributed by atoms with Gasteiger partial charge in [-0.1, -0.05) is 0 Å². The van der Waals surface area contributed by atoms with Gasteiger partial charge in [-0.25, -0.2) is 8.42 Å². The van der Waals surface area contributed by atoms with Gasteiger partial charge in [-0.2, -0.15) is 14.5 Å². The van der Waals surface area contributed by atoms with Crippen molar-refractivity contribution in [3.05, 3.63) is 29.8 Å². The standard InChI is InChI=1S/C13H21N5O2S/c1-5-17-8-7-12(15-17)10-16(4)21(19,20)13-9-14-18(6-2)11(13)3/h7-9H,5-6,10H2,1-4H3. The SMILES string of the molecule is CCn1ccc(CN(C)S(=O)(=O)c2cnn(CC)c2C)n1. The fraction of sp³-hybridized carbons (Fsp3) is 0.538. The van der Waals surface area contributed by atoms with Crippen LogP contribution in [-0.2, 0) is 29.7 Å². The fourth-order valence-corrected chi connectivity index (χ4v) is 3.44. The maximum Gasteiger partial charge on any atom is 0.246 e. The van der Waals surface area contributed by atoms with Crippen LogP contribution in [-0.4, -0.2) is 39.3 Å². The van der Waals surface area contributed by atoms with Gasteiger partial charge in [-0.15, -0.1) is 0 Å². The summed E-state index contributed by atoms with van der Waals surface area (Å²) in [5.41, 5.74) is 1.38. The van der Waals surface area contributed by atoms with Gasteiger partial charge in [0.05, 0.1) is 24.1 Å². The van der Waals surface area contributed by atoms with Crippen molar-refractivity contribution in [2.45, 2.75) is 45.3 Å². The molecular weight excluding hydrogens is 290 g/mol. The fourth-order valence-electron chi connectivity index (χ4n) is 2.15. The summed E-state index contributed by atoms with van der Waals surface area (Å²) in [5.74, 6) is 0. The van der Waals surface area contributed by atoms with Crippen LogP contribution in [0.2, 0.25) is 0 Å². The largest absolute Gasteiger partial charge is 0.273 e. The number of hydrogen-bond acceptors (Lipinski definition) is 4. The highest BCUT2D eigenvalue weighted by molar-refractivity contribution is 7.89. The van der Waals surface area contributed by atoms with E-state index in [1.54, 1.807) is 23.3 Å². The van der Waals surface area contributed by atoms with Crippen LogP contribution in [0.4, 0.5) is 0 Å². The Hall–Kier alpha value is -1.67. The number of aromatic nitrogens is 4. The molecule has 0 saturated heterocycles. The van der Waals surface area contributed by atoms with Crippen molar-refractivity contribution in [3.63, 3.8) is 0 Å². The topological polar surface area (TPSA) is 73.0 Å². The smallest absolute Gasteiger partial charge is 0.246 e. The number of hydrogen-bond donors (Lipinski definition) is 0. The van der Waals surface area contributed by atoms with Crippen LogP contribution in [0.25, 0.3) is 0 Å². The minimum atomic E-state index is -3.55. The Morgan fingerprint density at radius 3 is 2.52 bits per heavy atom. The summed E-state index contributed by atoms with van der Waals surface area (Å²) in [5, 5.41) is 8.41. The first kappa shape index (κ1) is 15.7. The first-order chi connectivity index (χ1) is 9.90. The quantitative estimate of drug-likeness (QED) is 0.805. The van der Waals surface area contributed by atoms with Crippen LogP contribution in [0, 0.1) is 6.92 Å². The Morgan fingerprint density at radius 1 is 1.29 bits per heavy atom. The molecular formula is C13H21N5O2S. The molecule has 21 heavy (non-hydrogen) atoms. The zero-order chi connectivity index (χ0) is 15.6. The van der Waals surface area contributed by atoms with Crippen molar-refractivity contribution in [2.24, 2.45) is 0 Å². The summed E-state index contributed by atoms with van der Waals surface area (Å²) >= 11 is 0. The molecule has 2 aromatic heterocycles. The van der Waals surface area contributed by atoms with Crippen molar-refractivity contribution in [2.75, 3.05) is 7.05 Å². The third-order valence-electron chi connectivity index (χ3n) is 3.45. The number of rotatable bonds is 6. The van der Waals surface area contributed by atoms with E-state index >= 15 is 0 Å².